The summed E-state index contributed by atoms with van der Waals surface area (Å²) in [5, 5.41) is 9.03. The fraction of sp³-hybridized carbons (Fsp3) is 0.625. The number of aliphatic carboxylic acids is 1. The highest BCUT2D eigenvalue weighted by Gasteiger charge is 2.33. The molecule has 1 aromatic rings. The van der Waals surface area contributed by atoms with Gasteiger partial charge in [0.05, 0.1) is 26.0 Å². The molecule has 0 bridgehead atoms. The molecule has 0 aliphatic carbocycles. The van der Waals surface area contributed by atoms with Crippen molar-refractivity contribution in [2.75, 3.05) is 32.8 Å². The lowest BCUT2D eigenvalue weighted by atomic mass is 9.95. The normalized spacial score (nSPS) is 23.8. The van der Waals surface area contributed by atoms with Crippen molar-refractivity contribution in [1.29, 1.82) is 0 Å². The monoisotopic (exact) mass is 322 g/mol. The molecule has 23 heavy (non-hydrogen) atoms. The molecular weight excluding hydrogens is 300 g/mol. The number of morpholine rings is 1. The van der Waals surface area contributed by atoms with Gasteiger partial charge in [-0.25, -0.2) is 4.79 Å². The number of amides is 1. The summed E-state index contributed by atoms with van der Waals surface area (Å²) in [5.41, 5.74) is 0. The Bertz CT molecular complexity index is 537. The van der Waals surface area contributed by atoms with Crippen LogP contribution >= 0.6 is 0 Å². The van der Waals surface area contributed by atoms with E-state index in [0.717, 1.165) is 38.2 Å². The van der Waals surface area contributed by atoms with E-state index in [1.165, 1.54) is 0 Å². The van der Waals surface area contributed by atoms with Crippen LogP contribution in [0.2, 0.25) is 0 Å². The molecule has 0 radical (unpaired) electrons. The van der Waals surface area contributed by atoms with Gasteiger partial charge < -0.3 is 19.2 Å². The lowest BCUT2D eigenvalue weighted by Crippen LogP contribution is -2.51. The largest absolute Gasteiger partial charge is 0.479 e. The number of nitrogens with zero attached hydrogens (tertiary/aromatic N) is 2. The van der Waals surface area contributed by atoms with Gasteiger partial charge in [-0.05, 0) is 38.1 Å². The van der Waals surface area contributed by atoms with Crippen molar-refractivity contribution in [2.24, 2.45) is 5.92 Å². The molecule has 0 spiro atoms. The molecule has 2 aliphatic heterocycles. The number of carbonyl (C=O) groups is 2. The summed E-state index contributed by atoms with van der Waals surface area (Å²) in [5.74, 6) is -0.0179. The van der Waals surface area contributed by atoms with Gasteiger partial charge in [0.2, 0.25) is 5.91 Å². The molecule has 1 amide bonds. The summed E-state index contributed by atoms with van der Waals surface area (Å²) in [6.45, 7) is 3.40. The summed E-state index contributed by atoms with van der Waals surface area (Å²) in [4.78, 5) is 27.5. The number of carboxylic acid groups (broad SMARTS) is 1. The van der Waals surface area contributed by atoms with Crippen LogP contribution in [0.4, 0.5) is 0 Å². The zero-order valence-corrected chi connectivity index (χ0v) is 13.0. The molecule has 2 aliphatic rings. The van der Waals surface area contributed by atoms with Crippen LogP contribution < -0.4 is 0 Å². The van der Waals surface area contributed by atoms with Gasteiger partial charge in [-0.1, -0.05) is 0 Å². The molecule has 3 rings (SSSR count). The van der Waals surface area contributed by atoms with Gasteiger partial charge in [-0.15, -0.1) is 0 Å². The number of likely N-dealkylation sites (tertiary alicyclic amines) is 1. The summed E-state index contributed by atoms with van der Waals surface area (Å²) < 4.78 is 10.5. The Labute approximate surface area is 134 Å². The number of ether oxygens (including phenoxy) is 1. The van der Waals surface area contributed by atoms with E-state index >= 15 is 0 Å². The SMILES string of the molecule is O=C(O)C1CN(C(=O)C2CCN(Cc3ccco3)CC2)CCO1. The molecule has 0 aromatic carbocycles. The minimum absolute atomic E-state index is 0.0182. The van der Waals surface area contributed by atoms with Crippen molar-refractivity contribution in [1.82, 2.24) is 9.80 Å². The first-order valence-corrected chi connectivity index (χ1v) is 8.01. The number of rotatable bonds is 4. The molecule has 2 fully saturated rings. The third-order valence-electron chi connectivity index (χ3n) is 4.55. The van der Waals surface area contributed by atoms with Crippen LogP contribution in [0, 0.1) is 5.92 Å². The number of piperidine rings is 1. The second-order valence-electron chi connectivity index (χ2n) is 6.11. The summed E-state index contributed by atoms with van der Waals surface area (Å²) in [6.07, 6.45) is 2.37. The van der Waals surface area contributed by atoms with Gasteiger partial charge in [-0.3, -0.25) is 9.69 Å². The van der Waals surface area contributed by atoms with E-state index in [-0.39, 0.29) is 18.4 Å². The standard InChI is InChI=1S/C16H22N2O5/c19-15(18-7-9-23-14(11-18)16(20)21)12-3-5-17(6-4-12)10-13-2-1-8-22-13/h1-2,8,12,14H,3-7,9-11H2,(H,20,21). The van der Waals surface area contributed by atoms with Gasteiger partial charge >= 0.3 is 5.97 Å². The first kappa shape index (κ1) is 16.0. The number of hydrogen-bond donors (Lipinski definition) is 1. The zero-order valence-electron chi connectivity index (χ0n) is 13.0. The average Bonchev–Trinajstić information content (AvgIpc) is 3.08. The maximum atomic E-state index is 12.6. The Balaban J connectivity index is 1.49. The van der Waals surface area contributed by atoms with Crippen molar-refractivity contribution in [2.45, 2.75) is 25.5 Å². The Morgan fingerprint density at radius 2 is 2.04 bits per heavy atom. The van der Waals surface area contributed by atoms with Crippen LogP contribution in [0.5, 0.6) is 0 Å². The average molecular weight is 322 g/mol. The van der Waals surface area contributed by atoms with Crippen molar-refractivity contribution >= 4 is 11.9 Å². The van der Waals surface area contributed by atoms with Crippen LogP contribution in [0.3, 0.4) is 0 Å². The third-order valence-corrected chi connectivity index (χ3v) is 4.55. The fourth-order valence-corrected chi connectivity index (χ4v) is 3.22. The van der Waals surface area contributed by atoms with Crippen LogP contribution in [-0.4, -0.2) is 65.7 Å². The molecule has 0 saturated carbocycles. The Hall–Kier alpha value is -1.86. The van der Waals surface area contributed by atoms with Crippen LogP contribution in [0.25, 0.3) is 0 Å². The second kappa shape index (κ2) is 7.14. The Morgan fingerprint density at radius 3 is 2.70 bits per heavy atom. The highest BCUT2D eigenvalue weighted by atomic mass is 16.5. The smallest absolute Gasteiger partial charge is 0.334 e. The maximum absolute atomic E-state index is 12.6. The highest BCUT2D eigenvalue weighted by molar-refractivity contribution is 5.80. The van der Waals surface area contributed by atoms with E-state index < -0.39 is 12.1 Å². The summed E-state index contributed by atoms with van der Waals surface area (Å²) in [7, 11) is 0. The second-order valence-corrected chi connectivity index (χ2v) is 6.11. The van der Waals surface area contributed by atoms with Crippen LogP contribution in [-0.2, 0) is 20.9 Å². The number of carboxylic acids is 1. The quantitative estimate of drug-likeness (QED) is 0.883. The van der Waals surface area contributed by atoms with Gasteiger partial charge in [-0.2, -0.15) is 0 Å². The van der Waals surface area contributed by atoms with E-state index in [0.29, 0.717) is 13.2 Å². The minimum atomic E-state index is -1.00. The first-order valence-electron chi connectivity index (χ1n) is 8.01. The van der Waals surface area contributed by atoms with Crippen molar-refractivity contribution in [3.8, 4) is 0 Å². The van der Waals surface area contributed by atoms with Gasteiger partial charge in [0, 0.05) is 12.5 Å². The maximum Gasteiger partial charge on any atom is 0.334 e. The van der Waals surface area contributed by atoms with Crippen molar-refractivity contribution in [3.63, 3.8) is 0 Å². The third kappa shape index (κ3) is 3.92. The minimum Gasteiger partial charge on any atom is -0.479 e. The lowest BCUT2D eigenvalue weighted by Gasteiger charge is -2.36. The predicted molar refractivity (Wildman–Crippen MR) is 80.7 cm³/mol. The Morgan fingerprint density at radius 1 is 1.26 bits per heavy atom. The molecule has 1 unspecified atom stereocenters. The van der Waals surface area contributed by atoms with Gasteiger partial charge in [0.1, 0.15) is 5.76 Å². The summed E-state index contributed by atoms with van der Waals surface area (Å²) >= 11 is 0. The van der Waals surface area contributed by atoms with Crippen molar-refractivity contribution in [3.05, 3.63) is 24.2 Å². The molecule has 126 valence electrons. The highest BCUT2D eigenvalue weighted by Crippen LogP contribution is 2.22. The van der Waals surface area contributed by atoms with Gasteiger partial charge in [0.25, 0.3) is 0 Å². The summed E-state index contributed by atoms with van der Waals surface area (Å²) in [6, 6.07) is 3.83. The van der Waals surface area contributed by atoms with Gasteiger partial charge in [0.15, 0.2) is 6.10 Å². The topological polar surface area (TPSA) is 83.2 Å². The van der Waals surface area contributed by atoms with Crippen LogP contribution in [0.1, 0.15) is 18.6 Å². The van der Waals surface area contributed by atoms with E-state index in [2.05, 4.69) is 4.90 Å². The lowest BCUT2D eigenvalue weighted by molar-refractivity contribution is -0.161. The molecule has 7 heteroatoms. The number of hydrogen-bond acceptors (Lipinski definition) is 5. The van der Waals surface area contributed by atoms with E-state index in [4.69, 9.17) is 14.3 Å². The van der Waals surface area contributed by atoms with Crippen molar-refractivity contribution < 1.29 is 23.8 Å². The molecule has 1 aromatic heterocycles. The predicted octanol–water partition coefficient (Wildman–Crippen LogP) is 0.804. The molecule has 7 nitrogen and oxygen atoms in total. The van der Waals surface area contributed by atoms with E-state index in [9.17, 15) is 9.59 Å². The van der Waals surface area contributed by atoms with Crippen LogP contribution in [0.15, 0.2) is 22.8 Å². The zero-order chi connectivity index (χ0) is 16.2. The number of carbonyl (C=O) groups excluding carboxylic acids is 1. The Kier molecular flexibility index (Phi) is 4.97. The van der Waals surface area contributed by atoms with E-state index in [1.807, 2.05) is 12.1 Å². The molecule has 3 heterocycles. The molecule has 1 N–H and O–H groups in total. The first-order chi connectivity index (χ1) is 11.1. The molecule has 1 atom stereocenters. The van der Waals surface area contributed by atoms with E-state index in [1.54, 1.807) is 11.2 Å². The molecule has 2 saturated heterocycles. The number of furan rings is 1. The molecular formula is C16H22N2O5. The fourth-order valence-electron chi connectivity index (χ4n) is 3.22.